The van der Waals surface area contributed by atoms with Gasteiger partial charge in [0, 0.05) is 4.88 Å². The van der Waals surface area contributed by atoms with Gasteiger partial charge in [0.25, 0.3) is 0 Å². The third kappa shape index (κ3) is 2.31. The predicted molar refractivity (Wildman–Crippen MR) is 43.5 cm³/mol. The first kappa shape index (κ1) is 7.47. The highest BCUT2D eigenvalue weighted by Crippen LogP contribution is 2.09. The lowest BCUT2D eigenvalue weighted by Gasteiger charge is -1.85. The third-order valence-electron chi connectivity index (χ3n) is 1.02. The van der Waals surface area contributed by atoms with E-state index < -0.39 is 0 Å². The molecule has 0 atom stereocenters. The minimum atomic E-state index is 0.470. The average molecular weight is 155 g/mol. The minimum Gasteiger partial charge on any atom is -0.300 e. The number of nitrogens with two attached hydrogens (primary N) is 1. The minimum absolute atomic E-state index is 0.470. The molecule has 0 radical (unpaired) electrons. The molecule has 1 aromatic heterocycles. The lowest BCUT2D eigenvalue weighted by molar-refractivity contribution is 0.168. The molecule has 1 heterocycles. The SMILES string of the molecule is NOC/C=C/c1cccs1. The van der Waals surface area contributed by atoms with Crippen LogP contribution in [0.1, 0.15) is 4.88 Å². The molecular weight excluding hydrogens is 146 g/mol. The fourth-order valence-electron chi connectivity index (χ4n) is 0.606. The van der Waals surface area contributed by atoms with Crippen molar-refractivity contribution in [3.05, 3.63) is 28.5 Å². The van der Waals surface area contributed by atoms with E-state index in [1.807, 2.05) is 29.7 Å². The van der Waals surface area contributed by atoms with Gasteiger partial charge in [-0.25, -0.2) is 5.90 Å². The molecule has 0 aliphatic rings. The zero-order valence-electron chi connectivity index (χ0n) is 5.49. The number of hydrogen-bond donors (Lipinski definition) is 1. The zero-order chi connectivity index (χ0) is 7.23. The normalized spacial score (nSPS) is 10.9. The topological polar surface area (TPSA) is 35.2 Å². The summed E-state index contributed by atoms with van der Waals surface area (Å²) in [6, 6.07) is 4.05. The Morgan fingerprint density at radius 2 is 2.60 bits per heavy atom. The van der Waals surface area contributed by atoms with Gasteiger partial charge in [0.15, 0.2) is 0 Å². The molecule has 1 rings (SSSR count). The summed E-state index contributed by atoms with van der Waals surface area (Å²) in [7, 11) is 0. The molecule has 0 aliphatic heterocycles. The van der Waals surface area contributed by atoms with Crippen molar-refractivity contribution in [1.82, 2.24) is 0 Å². The highest BCUT2D eigenvalue weighted by atomic mass is 32.1. The molecule has 0 saturated heterocycles. The molecule has 0 spiro atoms. The summed E-state index contributed by atoms with van der Waals surface area (Å²) in [4.78, 5) is 5.58. The molecule has 2 N–H and O–H groups in total. The van der Waals surface area contributed by atoms with Crippen molar-refractivity contribution in [3.8, 4) is 0 Å². The van der Waals surface area contributed by atoms with Crippen molar-refractivity contribution in [1.29, 1.82) is 0 Å². The number of thiophene rings is 1. The molecule has 3 heteroatoms. The predicted octanol–water partition coefficient (Wildman–Crippen LogP) is 1.65. The van der Waals surface area contributed by atoms with E-state index >= 15 is 0 Å². The van der Waals surface area contributed by atoms with E-state index in [1.54, 1.807) is 11.3 Å². The first-order valence-corrected chi connectivity index (χ1v) is 3.83. The Kier molecular flexibility index (Phi) is 3.15. The quantitative estimate of drug-likeness (QED) is 0.673. The molecule has 1 aromatic rings. The van der Waals surface area contributed by atoms with E-state index in [0.717, 1.165) is 0 Å². The van der Waals surface area contributed by atoms with E-state index in [-0.39, 0.29) is 0 Å². The fourth-order valence-corrected chi connectivity index (χ4v) is 1.25. The maximum absolute atomic E-state index is 4.82. The van der Waals surface area contributed by atoms with Gasteiger partial charge in [-0.1, -0.05) is 12.1 Å². The highest BCUT2D eigenvalue weighted by molar-refractivity contribution is 7.10. The molecule has 0 aliphatic carbocycles. The van der Waals surface area contributed by atoms with Crippen LogP contribution in [0.2, 0.25) is 0 Å². The lowest BCUT2D eigenvalue weighted by atomic mass is 10.4. The Labute approximate surface area is 63.9 Å². The Morgan fingerprint density at radius 3 is 3.20 bits per heavy atom. The summed E-state index contributed by atoms with van der Waals surface area (Å²) in [6.07, 6.45) is 3.86. The smallest absolute Gasteiger partial charge is 0.0864 e. The van der Waals surface area contributed by atoms with Crippen LogP contribution in [0.4, 0.5) is 0 Å². The van der Waals surface area contributed by atoms with Crippen LogP contribution >= 0.6 is 11.3 Å². The van der Waals surface area contributed by atoms with Crippen molar-refractivity contribution in [2.45, 2.75) is 0 Å². The monoisotopic (exact) mass is 155 g/mol. The van der Waals surface area contributed by atoms with Gasteiger partial charge in [0.05, 0.1) is 6.61 Å². The van der Waals surface area contributed by atoms with Gasteiger partial charge in [-0.3, -0.25) is 0 Å². The molecule has 0 bridgehead atoms. The second-order valence-corrected chi connectivity index (χ2v) is 2.73. The molecule has 2 nitrogen and oxygen atoms in total. The van der Waals surface area contributed by atoms with Crippen molar-refractivity contribution < 1.29 is 4.84 Å². The summed E-state index contributed by atoms with van der Waals surface area (Å²) in [5.41, 5.74) is 0. The lowest BCUT2D eigenvalue weighted by Crippen LogP contribution is -1.96. The van der Waals surface area contributed by atoms with E-state index in [1.165, 1.54) is 4.88 Å². The molecule has 10 heavy (non-hydrogen) atoms. The summed E-state index contributed by atoms with van der Waals surface area (Å²) in [5.74, 6) is 4.82. The van der Waals surface area contributed by atoms with Gasteiger partial charge in [-0.05, 0) is 17.5 Å². The Balaban J connectivity index is 2.40. The van der Waals surface area contributed by atoms with Gasteiger partial charge in [-0.2, -0.15) is 0 Å². The van der Waals surface area contributed by atoms with Gasteiger partial charge >= 0.3 is 0 Å². The van der Waals surface area contributed by atoms with Crippen LogP contribution in [0.3, 0.4) is 0 Å². The average Bonchev–Trinajstić information content (AvgIpc) is 2.41. The van der Waals surface area contributed by atoms with Crippen molar-refractivity contribution in [2.75, 3.05) is 6.61 Å². The standard InChI is InChI=1S/C7H9NOS/c8-9-5-1-3-7-4-2-6-10-7/h1-4,6H,5,8H2/b3-1+. The highest BCUT2D eigenvalue weighted by Gasteiger charge is 1.82. The van der Waals surface area contributed by atoms with Crippen LogP contribution in [0, 0.1) is 0 Å². The summed E-state index contributed by atoms with van der Waals surface area (Å²) >= 11 is 1.69. The molecule has 54 valence electrons. The Hall–Kier alpha value is -0.640. The molecule has 0 unspecified atom stereocenters. The summed E-state index contributed by atoms with van der Waals surface area (Å²) in [6.45, 7) is 0.470. The van der Waals surface area contributed by atoms with Gasteiger partial charge in [0.2, 0.25) is 0 Å². The van der Waals surface area contributed by atoms with Crippen molar-refractivity contribution in [3.63, 3.8) is 0 Å². The molecular formula is C7H9NOS. The van der Waals surface area contributed by atoms with E-state index in [4.69, 9.17) is 5.90 Å². The Morgan fingerprint density at radius 1 is 1.70 bits per heavy atom. The second-order valence-electron chi connectivity index (χ2n) is 1.75. The van der Waals surface area contributed by atoms with Crippen LogP contribution in [0.25, 0.3) is 6.08 Å². The van der Waals surface area contributed by atoms with Crippen molar-refractivity contribution in [2.24, 2.45) is 5.90 Å². The zero-order valence-corrected chi connectivity index (χ0v) is 6.30. The van der Waals surface area contributed by atoms with E-state index in [9.17, 15) is 0 Å². The maximum Gasteiger partial charge on any atom is 0.0864 e. The van der Waals surface area contributed by atoms with Gasteiger partial charge < -0.3 is 4.84 Å². The first-order valence-electron chi connectivity index (χ1n) is 2.95. The van der Waals surface area contributed by atoms with Crippen molar-refractivity contribution >= 4 is 17.4 Å². The molecule has 0 aromatic carbocycles. The van der Waals surface area contributed by atoms with E-state index in [0.29, 0.717) is 6.61 Å². The van der Waals surface area contributed by atoms with Crippen LogP contribution < -0.4 is 5.90 Å². The number of hydrogen-bond acceptors (Lipinski definition) is 3. The summed E-state index contributed by atoms with van der Waals surface area (Å²) < 4.78 is 0. The molecule has 0 saturated carbocycles. The van der Waals surface area contributed by atoms with Crippen LogP contribution in [0.15, 0.2) is 23.6 Å². The van der Waals surface area contributed by atoms with Gasteiger partial charge in [-0.15, -0.1) is 11.3 Å². The van der Waals surface area contributed by atoms with Crippen LogP contribution in [0.5, 0.6) is 0 Å². The van der Waals surface area contributed by atoms with E-state index in [2.05, 4.69) is 4.84 Å². The van der Waals surface area contributed by atoms with Crippen LogP contribution in [-0.2, 0) is 4.84 Å². The molecule has 0 amide bonds. The third-order valence-corrected chi connectivity index (χ3v) is 1.86. The second kappa shape index (κ2) is 4.22. The van der Waals surface area contributed by atoms with Crippen LogP contribution in [-0.4, -0.2) is 6.61 Å². The van der Waals surface area contributed by atoms with Gasteiger partial charge in [0.1, 0.15) is 0 Å². The Bertz CT molecular complexity index is 193. The maximum atomic E-state index is 4.82. The first-order chi connectivity index (χ1) is 4.93. The number of rotatable bonds is 3. The largest absolute Gasteiger partial charge is 0.300 e. The fraction of sp³-hybridized carbons (Fsp3) is 0.143. The summed E-state index contributed by atoms with van der Waals surface area (Å²) in [5, 5.41) is 2.03. The molecule has 0 fully saturated rings.